The molecule has 0 atom stereocenters. The Morgan fingerprint density at radius 2 is 1.63 bits per heavy atom. The van der Waals surface area contributed by atoms with Crippen LogP contribution in [0.2, 0.25) is 0 Å². The van der Waals surface area contributed by atoms with Crippen molar-refractivity contribution in [3.8, 4) is 5.75 Å². The second kappa shape index (κ2) is 5.06. The minimum atomic E-state index is 0.385. The zero-order valence-corrected chi connectivity index (χ0v) is 10.7. The Bertz CT molecular complexity index is 695. The van der Waals surface area contributed by atoms with Gasteiger partial charge in [0, 0.05) is 11.1 Å². The smallest absolute Gasteiger partial charge is 0.166 e. The van der Waals surface area contributed by atoms with Gasteiger partial charge in [0.2, 0.25) is 0 Å². The van der Waals surface area contributed by atoms with E-state index in [9.17, 15) is 0 Å². The quantitative estimate of drug-likeness (QED) is 0.713. The summed E-state index contributed by atoms with van der Waals surface area (Å²) >= 11 is 0. The Morgan fingerprint density at radius 3 is 2.47 bits per heavy atom. The lowest BCUT2D eigenvalue weighted by atomic mass is 10.2. The summed E-state index contributed by atoms with van der Waals surface area (Å²) in [6.45, 7) is 2.38. The molecule has 3 aromatic rings. The predicted molar refractivity (Wildman–Crippen MR) is 75.0 cm³/mol. The van der Waals surface area contributed by atoms with E-state index < -0.39 is 0 Å². The van der Waals surface area contributed by atoms with Crippen molar-refractivity contribution in [1.82, 2.24) is 9.97 Å². The molecule has 2 aromatic carbocycles. The van der Waals surface area contributed by atoms with Crippen molar-refractivity contribution in [2.45, 2.75) is 13.5 Å². The molecular weight excluding hydrogens is 236 g/mol. The average molecular weight is 250 g/mol. The van der Waals surface area contributed by atoms with Gasteiger partial charge in [-0.25, -0.2) is 9.97 Å². The zero-order valence-electron chi connectivity index (χ0n) is 10.7. The molecule has 0 saturated carbocycles. The number of hydrogen-bond acceptors (Lipinski definition) is 3. The summed E-state index contributed by atoms with van der Waals surface area (Å²) in [6.07, 6.45) is 0. The Hall–Kier alpha value is -2.42. The van der Waals surface area contributed by atoms with Crippen molar-refractivity contribution < 1.29 is 4.74 Å². The molecule has 0 unspecified atom stereocenters. The topological polar surface area (TPSA) is 35.0 Å². The van der Waals surface area contributed by atoms with Crippen molar-refractivity contribution >= 4 is 10.9 Å². The molecule has 1 aromatic heterocycles. The fourth-order valence-electron chi connectivity index (χ4n) is 2.02. The summed E-state index contributed by atoms with van der Waals surface area (Å²) in [4.78, 5) is 9.00. The fraction of sp³-hybridized carbons (Fsp3) is 0.125. The van der Waals surface area contributed by atoms with Crippen LogP contribution in [0.1, 0.15) is 11.5 Å². The highest BCUT2D eigenvalue weighted by Gasteiger charge is 2.04. The molecule has 0 N–H and O–H groups in total. The number of hydrogen-bond donors (Lipinski definition) is 0. The Kier molecular flexibility index (Phi) is 3.11. The summed E-state index contributed by atoms with van der Waals surface area (Å²) in [5.41, 5.74) is 1.94. The van der Waals surface area contributed by atoms with Crippen LogP contribution >= 0.6 is 0 Å². The zero-order chi connectivity index (χ0) is 13.1. The SMILES string of the molecule is Cc1nc(COc2ccccc2)nc2ccccc12. The molecule has 3 rings (SSSR count). The van der Waals surface area contributed by atoms with Gasteiger partial charge in [0.05, 0.1) is 5.52 Å². The van der Waals surface area contributed by atoms with E-state index in [1.165, 1.54) is 0 Å². The van der Waals surface area contributed by atoms with Gasteiger partial charge in [-0.3, -0.25) is 0 Å². The van der Waals surface area contributed by atoms with Crippen LogP contribution in [-0.2, 0) is 6.61 Å². The van der Waals surface area contributed by atoms with Crippen LogP contribution < -0.4 is 4.74 Å². The molecule has 19 heavy (non-hydrogen) atoms. The van der Waals surface area contributed by atoms with Gasteiger partial charge >= 0.3 is 0 Å². The molecule has 0 radical (unpaired) electrons. The second-order valence-electron chi connectivity index (χ2n) is 4.34. The molecule has 0 fully saturated rings. The third kappa shape index (κ3) is 2.55. The van der Waals surface area contributed by atoms with Gasteiger partial charge in [-0.1, -0.05) is 36.4 Å². The lowest BCUT2D eigenvalue weighted by molar-refractivity contribution is 0.296. The van der Waals surface area contributed by atoms with Gasteiger partial charge in [-0.15, -0.1) is 0 Å². The highest BCUT2D eigenvalue weighted by Crippen LogP contribution is 2.16. The summed E-state index contributed by atoms with van der Waals surface area (Å²) in [5.74, 6) is 1.54. The number of rotatable bonds is 3. The van der Waals surface area contributed by atoms with Crippen LogP contribution in [0.25, 0.3) is 10.9 Å². The predicted octanol–water partition coefficient (Wildman–Crippen LogP) is 3.52. The van der Waals surface area contributed by atoms with Gasteiger partial charge in [0.15, 0.2) is 5.82 Å². The number of para-hydroxylation sites is 2. The molecule has 3 nitrogen and oxygen atoms in total. The van der Waals surface area contributed by atoms with E-state index in [0.29, 0.717) is 12.4 Å². The summed E-state index contributed by atoms with van der Waals surface area (Å²) in [6, 6.07) is 17.7. The standard InChI is InChI=1S/C16H14N2O/c1-12-14-9-5-6-10-15(14)18-16(17-12)11-19-13-7-3-2-4-8-13/h2-10H,11H2,1H3. The number of ether oxygens (including phenoxy) is 1. The molecule has 0 spiro atoms. The van der Waals surface area contributed by atoms with E-state index in [4.69, 9.17) is 4.74 Å². The van der Waals surface area contributed by atoms with Crippen LogP contribution in [0.3, 0.4) is 0 Å². The van der Waals surface area contributed by atoms with Crippen LogP contribution in [-0.4, -0.2) is 9.97 Å². The third-order valence-corrected chi connectivity index (χ3v) is 2.95. The van der Waals surface area contributed by atoms with Crippen molar-refractivity contribution in [2.75, 3.05) is 0 Å². The van der Waals surface area contributed by atoms with Gasteiger partial charge in [0.25, 0.3) is 0 Å². The normalized spacial score (nSPS) is 10.6. The lowest BCUT2D eigenvalue weighted by Gasteiger charge is -2.07. The van der Waals surface area contributed by atoms with Gasteiger partial charge in [-0.05, 0) is 25.1 Å². The highest BCUT2D eigenvalue weighted by atomic mass is 16.5. The molecule has 0 saturated heterocycles. The largest absolute Gasteiger partial charge is 0.486 e. The maximum Gasteiger partial charge on any atom is 0.166 e. The monoisotopic (exact) mass is 250 g/mol. The average Bonchev–Trinajstić information content (AvgIpc) is 2.46. The maximum absolute atomic E-state index is 5.67. The molecule has 0 aliphatic rings. The number of nitrogens with zero attached hydrogens (tertiary/aromatic N) is 2. The first-order valence-electron chi connectivity index (χ1n) is 6.23. The van der Waals surface area contributed by atoms with Crippen LogP contribution in [0.15, 0.2) is 54.6 Å². The fourth-order valence-corrected chi connectivity index (χ4v) is 2.02. The van der Waals surface area contributed by atoms with E-state index >= 15 is 0 Å². The third-order valence-electron chi connectivity index (χ3n) is 2.95. The molecule has 0 bridgehead atoms. The molecule has 94 valence electrons. The Balaban J connectivity index is 1.85. The summed E-state index contributed by atoms with van der Waals surface area (Å²) < 4.78 is 5.67. The van der Waals surface area contributed by atoms with E-state index in [0.717, 1.165) is 22.3 Å². The van der Waals surface area contributed by atoms with E-state index in [1.54, 1.807) is 0 Å². The van der Waals surface area contributed by atoms with Crippen molar-refractivity contribution in [2.24, 2.45) is 0 Å². The van der Waals surface area contributed by atoms with Crippen LogP contribution in [0, 0.1) is 6.92 Å². The van der Waals surface area contributed by atoms with Crippen LogP contribution in [0.5, 0.6) is 5.75 Å². The van der Waals surface area contributed by atoms with Crippen molar-refractivity contribution in [3.05, 3.63) is 66.1 Å². The molecule has 1 heterocycles. The number of aryl methyl sites for hydroxylation is 1. The van der Waals surface area contributed by atoms with Gasteiger partial charge < -0.3 is 4.74 Å². The molecular formula is C16H14N2O. The number of aromatic nitrogens is 2. The van der Waals surface area contributed by atoms with Gasteiger partial charge in [-0.2, -0.15) is 0 Å². The number of benzene rings is 2. The van der Waals surface area contributed by atoms with Crippen molar-refractivity contribution in [3.63, 3.8) is 0 Å². The molecule has 3 heteroatoms. The first-order chi connectivity index (χ1) is 9.33. The number of fused-ring (bicyclic) bond motifs is 1. The highest BCUT2D eigenvalue weighted by molar-refractivity contribution is 5.80. The Labute approximate surface area is 111 Å². The van der Waals surface area contributed by atoms with Gasteiger partial charge in [0.1, 0.15) is 12.4 Å². The molecule has 0 amide bonds. The minimum Gasteiger partial charge on any atom is -0.486 e. The molecule has 0 aliphatic heterocycles. The summed E-state index contributed by atoms with van der Waals surface area (Å²) in [7, 11) is 0. The van der Waals surface area contributed by atoms with E-state index in [1.807, 2.05) is 61.5 Å². The first-order valence-corrected chi connectivity index (χ1v) is 6.23. The minimum absolute atomic E-state index is 0.385. The first kappa shape index (κ1) is 11.7. The molecule has 0 aliphatic carbocycles. The maximum atomic E-state index is 5.67. The lowest BCUT2D eigenvalue weighted by Crippen LogP contribution is -2.03. The summed E-state index contributed by atoms with van der Waals surface area (Å²) in [5, 5.41) is 1.09. The van der Waals surface area contributed by atoms with E-state index in [2.05, 4.69) is 9.97 Å². The Morgan fingerprint density at radius 1 is 0.895 bits per heavy atom. The van der Waals surface area contributed by atoms with Crippen molar-refractivity contribution in [1.29, 1.82) is 0 Å². The van der Waals surface area contributed by atoms with Crippen LogP contribution in [0.4, 0.5) is 0 Å². The second-order valence-corrected chi connectivity index (χ2v) is 4.34. The van der Waals surface area contributed by atoms with E-state index in [-0.39, 0.29) is 0 Å².